The quantitative estimate of drug-likeness (QED) is 0.685. The molecule has 0 aromatic carbocycles. The molecule has 0 amide bonds. The van der Waals surface area contributed by atoms with E-state index in [1.165, 1.54) is 44.9 Å². The molecule has 2 atom stereocenters. The molecule has 0 bridgehead atoms. The molecule has 0 saturated heterocycles. The van der Waals surface area contributed by atoms with Gasteiger partial charge in [0.15, 0.2) is 0 Å². The van der Waals surface area contributed by atoms with Crippen molar-refractivity contribution < 1.29 is 4.74 Å². The number of hydrogen-bond acceptors (Lipinski definition) is 2. The molecule has 2 unspecified atom stereocenters. The highest BCUT2D eigenvalue weighted by Gasteiger charge is 2.24. The Morgan fingerprint density at radius 3 is 2.40 bits per heavy atom. The first-order valence-electron chi connectivity index (χ1n) is 6.68. The third-order valence-corrected chi connectivity index (χ3v) is 4.07. The molecule has 0 aromatic rings. The van der Waals surface area contributed by atoms with Gasteiger partial charge in [0.2, 0.25) is 0 Å². The fourth-order valence-corrected chi connectivity index (χ4v) is 2.71. The molecule has 2 N–H and O–H groups in total. The number of hydrogen-bond donors (Lipinski definition) is 1. The molecule has 2 aliphatic carbocycles. The summed E-state index contributed by atoms with van der Waals surface area (Å²) in [7, 11) is 0. The van der Waals surface area contributed by atoms with Crippen molar-refractivity contribution in [1.82, 2.24) is 0 Å². The van der Waals surface area contributed by atoms with Crippen molar-refractivity contribution in [2.45, 2.75) is 44.9 Å². The van der Waals surface area contributed by atoms with Gasteiger partial charge in [-0.25, -0.2) is 0 Å². The van der Waals surface area contributed by atoms with Crippen LogP contribution in [-0.4, -0.2) is 19.8 Å². The van der Waals surface area contributed by atoms with Crippen LogP contribution >= 0.6 is 0 Å². The number of rotatable bonds is 6. The Labute approximate surface area is 93.6 Å². The van der Waals surface area contributed by atoms with E-state index < -0.39 is 0 Å². The second-order valence-corrected chi connectivity index (χ2v) is 5.35. The first-order valence-corrected chi connectivity index (χ1v) is 6.68. The molecule has 2 rings (SSSR count). The Kier molecular flexibility index (Phi) is 4.45. The average molecular weight is 211 g/mol. The Bertz CT molecular complexity index is 179. The van der Waals surface area contributed by atoms with Crippen LogP contribution in [0.25, 0.3) is 0 Å². The van der Waals surface area contributed by atoms with E-state index in [0.717, 1.165) is 37.5 Å². The second-order valence-electron chi connectivity index (χ2n) is 5.35. The van der Waals surface area contributed by atoms with Crippen molar-refractivity contribution in [3.63, 3.8) is 0 Å². The summed E-state index contributed by atoms with van der Waals surface area (Å²) >= 11 is 0. The number of ether oxygens (including phenoxy) is 1. The predicted molar refractivity (Wildman–Crippen MR) is 62.7 cm³/mol. The SMILES string of the molecule is NCC1CCCCC1COCCC1CC1. The van der Waals surface area contributed by atoms with E-state index in [2.05, 4.69) is 0 Å². The van der Waals surface area contributed by atoms with Crippen molar-refractivity contribution in [2.75, 3.05) is 19.8 Å². The Balaban J connectivity index is 1.58. The van der Waals surface area contributed by atoms with E-state index in [1.807, 2.05) is 0 Å². The molecule has 0 spiro atoms. The highest BCUT2D eigenvalue weighted by molar-refractivity contribution is 4.76. The van der Waals surface area contributed by atoms with E-state index in [1.54, 1.807) is 0 Å². The third kappa shape index (κ3) is 3.76. The van der Waals surface area contributed by atoms with Crippen LogP contribution in [0, 0.1) is 17.8 Å². The fraction of sp³-hybridized carbons (Fsp3) is 1.00. The monoisotopic (exact) mass is 211 g/mol. The summed E-state index contributed by atoms with van der Waals surface area (Å²) in [5.74, 6) is 2.49. The summed E-state index contributed by atoms with van der Waals surface area (Å²) in [5, 5.41) is 0. The molecule has 2 saturated carbocycles. The normalized spacial score (nSPS) is 31.8. The number of nitrogens with two attached hydrogens (primary N) is 1. The molecule has 88 valence electrons. The minimum atomic E-state index is 0.736. The van der Waals surface area contributed by atoms with Crippen LogP contribution in [0.2, 0.25) is 0 Å². The predicted octanol–water partition coefficient (Wildman–Crippen LogP) is 2.57. The van der Waals surface area contributed by atoms with E-state index in [0.29, 0.717) is 0 Å². The van der Waals surface area contributed by atoms with Crippen molar-refractivity contribution in [3.05, 3.63) is 0 Å². The van der Waals surface area contributed by atoms with E-state index in [4.69, 9.17) is 10.5 Å². The smallest absolute Gasteiger partial charge is 0.0497 e. The van der Waals surface area contributed by atoms with E-state index in [-0.39, 0.29) is 0 Å². The summed E-state index contributed by atoms with van der Waals surface area (Å²) in [5.41, 5.74) is 5.80. The molecular weight excluding hydrogens is 186 g/mol. The van der Waals surface area contributed by atoms with E-state index in [9.17, 15) is 0 Å². The van der Waals surface area contributed by atoms with Crippen LogP contribution < -0.4 is 5.73 Å². The molecule has 15 heavy (non-hydrogen) atoms. The van der Waals surface area contributed by atoms with Gasteiger partial charge in [-0.1, -0.05) is 25.7 Å². The Morgan fingerprint density at radius 1 is 1.00 bits per heavy atom. The lowest BCUT2D eigenvalue weighted by Gasteiger charge is -2.30. The summed E-state index contributed by atoms with van der Waals surface area (Å²) < 4.78 is 5.80. The second kappa shape index (κ2) is 5.86. The Morgan fingerprint density at radius 2 is 1.73 bits per heavy atom. The van der Waals surface area contributed by atoms with Crippen LogP contribution in [0.3, 0.4) is 0 Å². The summed E-state index contributed by atoms with van der Waals surface area (Å²) in [6.45, 7) is 2.81. The van der Waals surface area contributed by atoms with Crippen molar-refractivity contribution in [2.24, 2.45) is 23.5 Å². The van der Waals surface area contributed by atoms with Crippen molar-refractivity contribution in [1.29, 1.82) is 0 Å². The third-order valence-electron chi connectivity index (χ3n) is 4.07. The van der Waals surface area contributed by atoms with Crippen LogP contribution in [0.1, 0.15) is 44.9 Å². The van der Waals surface area contributed by atoms with Crippen LogP contribution in [0.4, 0.5) is 0 Å². The first-order chi connectivity index (χ1) is 7.40. The summed E-state index contributed by atoms with van der Waals surface area (Å²) in [4.78, 5) is 0. The molecular formula is C13H25NO. The summed E-state index contributed by atoms with van der Waals surface area (Å²) in [6, 6.07) is 0. The molecule has 2 aliphatic rings. The van der Waals surface area contributed by atoms with Crippen molar-refractivity contribution >= 4 is 0 Å². The zero-order chi connectivity index (χ0) is 10.5. The molecule has 2 fully saturated rings. The average Bonchev–Trinajstić information content (AvgIpc) is 3.09. The van der Waals surface area contributed by atoms with Gasteiger partial charge in [0, 0.05) is 13.2 Å². The topological polar surface area (TPSA) is 35.2 Å². The zero-order valence-electron chi connectivity index (χ0n) is 9.79. The zero-order valence-corrected chi connectivity index (χ0v) is 9.79. The van der Waals surface area contributed by atoms with Gasteiger partial charge in [-0.05, 0) is 43.6 Å². The van der Waals surface area contributed by atoms with Gasteiger partial charge < -0.3 is 10.5 Å². The maximum atomic E-state index is 5.80. The van der Waals surface area contributed by atoms with Crippen molar-refractivity contribution in [3.8, 4) is 0 Å². The van der Waals surface area contributed by atoms with Gasteiger partial charge in [-0.15, -0.1) is 0 Å². The minimum Gasteiger partial charge on any atom is -0.381 e. The fourth-order valence-electron chi connectivity index (χ4n) is 2.71. The first kappa shape index (κ1) is 11.4. The van der Waals surface area contributed by atoms with Crippen LogP contribution in [0.15, 0.2) is 0 Å². The van der Waals surface area contributed by atoms with Gasteiger partial charge in [0.05, 0.1) is 0 Å². The molecule has 2 heteroatoms. The summed E-state index contributed by atoms with van der Waals surface area (Å²) in [6.07, 6.45) is 9.60. The van der Waals surface area contributed by atoms with Gasteiger partial charge in [0.25, 0.3) is 0 Å². The maximum absolute atomic E-state index is 5.80. The van der Waals surface area contributed by atoms with Gasteiger partial charge in [-0.3, -0.25) is 0 Å². The van der Waals surface area contributed by atoms with E-state index >= 15 is 0 Å². The molecule has 0 aromatic heterocycles. The lowest BCUT2D eigenvalue weighted by Crippen LogP contribution is -2.30. The Hall–Kier alpha value is -0.0800. The minimum absolute atomic E-state index is 0.736. The lowest BCUT2D eigenvalue weighted by atomic mass is 9.80. The standard InChI is InChI=1S/C13H25NO/c14-9-12-3-1-2-4-13(12)10-15-8-7-11-5-6-11/h11-13H,1-10,14H2. The highest BCUT2D eigenvalue weighted by atomic mass is 16.5. The van der Waals surface area contributed by atoms with Gasteiger partial charge in [-0.2, -0.15) is 0 Å². The van der Waals surface area contributed by atoms with Crippen LogP contribution in [0.5, 0.6) is 0 Å². The van der Waals surface area contributed by atoms with Crippen LogP contribution in [-0.2, 0) is 4.74 Å². The molecule has 2 nitrogen and oxygen atoms in total. The maximum Gasteiger partial charge on any atom is 0.0497 e. The molecule has 0 aliphatic heterocycles. The highest BCUT2D eigenvalue weighted by Crippen LogP contribution is 2.33. The largest absolute Gasteiger partial charge is 0.381 e. The van der Waals surface area contributed by atoms with Gasteiger partial charge in [0.1, 0.15) is 0 Å². The van der Waals surface area contributed by atoms with Gasteiger partial charge >= 0.3 is 0 Å². The molecule has 0 radical (unpaired) electrons. The molecule has 0 heterocycles. The lowest BCUT2D eigenvalue weighted by molar-refractivity contribution is 0.0579.